The third-order valence-electron chi connectivity index (χ3n) is 2.50. The Balaban J connectivity index is 2.42. The topological polar surface area (TPSA) is 99.6 Å². The zero-order valence-electron chi connectivity index (χ0n) is 11.7. The van der Waals surface area contributed by atoms with Crippen molar-refractivity contribution in [1.29, 1.82) is 0 Å². The van der Waals surface area contributed by atoms with E-state index in [2.05, 4.69) is 10.3 Å². The fraction of sp³-hybridized carbons (Fsp3) is 0.500. The highest BCUT2D eigenvalue weighted by molar-refractivity contribution is 7.98. The summed E-state index contributed by atoms with van der Waals surface area (Å²) in [5.74, 6) is -0.274. The lowest BCUT2D eigenvalue weighted by Crippen LogP contribution is -2.37. The highest BCUT2D eigenvalue weighted by atomic mass is 32.2. The maximum Gasteiger partial charge on any atom is 0.327 e. The predicted molar refractivity (Wildman–Crippen MR) is 81.3 cm³/mol. The van der Waals surface area contributed by atoms with Crippen molar-refractivity contribution in [3.63, 3.8) is 0 Å². The van der Waals surface area contributed by atoms with Gasteiger partial charge in [-0.2, -0.15) is 11.8 Å². The Morgan fingerprint density at radius 1 is 1.57 bits per heavy atom. The minimum Gasteiger partial charge on any atom is -0.480 e. The van der Waals surface area contributed by atoms with E-state index in [4.69, 9.17) is 5.11 Å². The van der Waals surface area contributed by atoms with Crippen LogP contribution in [0.25, 0.3) is 0 Å². The van der Waals surface area contributed by atoms with Gasteiger partial charge in [-0.3, -0.25) is 9.59 Å². The zero-order valence-corrected chi connectivity index (χ0v) is 13.4. The van der Waals surface area contributed by atoms with Crippen LogP contribution in [0.4, 0.5) is 0 Å². The summed E-state index contributed by atoms with van der Waals surface area (Å²) in [4.78, 5) is 38.5. The van der Waals surface area contributed by atoms with Crippen LogP contribution in [0.2, 0.25) is 0 Å². The number of nitrogens with one attached hydrogen (secondary N) is 1. The molecule has 0 spiro atoms. The molecule has 0 bridgehead atoms. The van der Waals surface area contributed by atoms with E-state index in [1.54, 1.807) is 14.1 Å². The van der Waals surface area contributed by atoms with E-state index >= 15 is 0 Å². The number of likely N-dealkylation sites (N-methyl/N-ethyl adjacent to an activating group) is 1. The molecule has 2 amide bonds. The van der Waals surface area contributed by atoms with Crippen molar-refractivity contribution in [2.45, 2.75) is 18.2 Å². The Labute approximate surface area is 130 Å². The predicted octanol–water partition coefficient (Wildman–Crippen LogP) is 0.206. The van der Waals surface area contributed by atoms with Gasteiger partial charge in [-0.25, -0.2) is 9.78 Å². The number of carbonyl (C=O) groups excluding carboxylic acids is 2. The first-order valence-corrected chi connectivity index (χ1v) is 8.11. The van der Waals surface area contributed by atoms with Gasteiger partial charge in [0.25, 0.3) is 0 Å². The van der Waals surface area contributed by atoms with Crippen molar-refractivity contribution in [2.24, 2.45) is 0 Å². The molecular formula is C12H17N3O4S2. The molecule has 1 atom stereocenters. The van der Waals surface area contributed by atoms with Crippen molar-refractivity contribution in [3.8, 4) is 0 Å². The molecule has 1 unspecified atom stereocenters. The molecule has 1 aromatic heterocycles. The lowest BCUT2D eigenvalue weighted by atomic mass is 10.3. The minimum atomic E-state index is -1.06. The summed E-state index contributed by atoms with van der Waals surface area (Å²) >= 11 is 2.78. The van der Waals surface area contributed by atoms with Crippen molar-refractivity contribution in [2.75, 3.05) is 19.8 Å². The zero-order chi connectivity index (χ0) is 15.8. The number of carboxylic acids is 1. The summed E-state index contributed by atoms with van der Waals surface area (Å²) < 4.78 is 0. The van der Waals surface area contributed by atoms with Crippen LogP contribution in [0.3, 0.4) is 0 Å². The molecule has 2 N–H and O–H groups in total. The number of nitrogens with zero attached hydrogens (tertiary/aromatic N) is 2. The number of hydrogen-bond acceptors (Lipinski definition) is 6. The lowest BCUT2D eigenvalue weighted by molar-refractivity contribution is -0.139. The number of rotatable bonds is 9. The van der Waals surface area contributed by atoms with Crippen LogP contribution >= 0.6 is 23.1 Å². The van der Waals surface area contributed by atoms with E-state index in [0.717, 1.165) is 10.7 Å². The second-order valence-corrected chi connectivity index (χ2v) is 6.36. The highest BCUT2D eigenvalue weighted by Crippen LogP contribution is 2.17. The third-order valence-corrected chi connectivity index (χ3v) is 4.47. The Morgan fingerprint density at radius 3 is 2.86 bits per heavy atom. The smallest absolute Gasteiger partial charge is 0.327 e. The molecule has 0 aliphatic heterocycles. The quantitative estimate of drug-likeness (QED) is 0.627. The van der Waals surface area contributed by atoms with Gasteiger partial charge in [0.2, 0.25) is 12.3 Å². The molecule has 0 aliphatic carbocycles. The Kier molecular flexibility index (Phi) is 7.17. The maximum atomic E-state index is 11.6. The van der Waals surface area contributed by atoms with Crippen molar-refractivity contribution >= 4 is 41.4 Å². The molecule has 1 rings (SSSR count). The second kappa shape index (κ2) is 8.63. The van der Waals surface area contributed by atoms with Crippen LogP contribution in [0, 0.1) is 0 Å². The summed E-state index contributed by atoms with van der Waals surface area (Å²) in [6, 6.07) is -0.902. The van der Waals surface area contributed by atoms with E-state index in [-0.39, 0.29) is 18.1 Å². The lowest BCUT2D eigenvalue weighted by Gasteiger charge is -2.09. The van der Waals surface area contributed by atoms with Gasteiger partial charge in [0, 0.05) is 31.0 Å². The van der Waals surface area contributed by atoms with E-state index in [9.17, 15) is 14.4 Å². The average molecular weight is 331 g/mol. The van der Waals surface area contributed by atoms with Gasteiger partial charge in [0.15, 0.2) is 0 Å². The van der Waals surface area contributed by atoms with Crippen molar-refractivity contribution in [3.05, 3.63) is 16.1 Å². The monoisotopic (exact) mass is 331 g/mol. The summed E-state index contributed by atoms with van der Waals surface area (Å²) in [5.41, 5.74) is 0.807. The number of amides is 2. The van der Waals surface area contributed by atoms with Gasteiger partial charge >= 0.3 is 5.97 Å². The molecule has 116 valence electrons. The van der Waals surface area contributed by atoms with Gasteiger partial charge in [0.1, 0.15) is 11.0 Å². The summed E-state index contributed by atoms with van der Waals surface area (Å²) in [6.45, 7) is 0. The van der Waals surface area contributed by atoms with E-state index in [0.29, 0.717) is 12.2 Å². The first-order chi connectivity index (χ1) is 9.93. The van der Waals surface area contributed by atoms with Gasteiger partial charge < -0.3 is 15.3 Å². The summed E-state index contributed by atoms with van der Waals surface area (Å²) in [6.07, 6.45) is 0.653. The number of thioether (sulfide) groups is 1. The van der Waals surface area contributed by atoms with Gasteiger partial charge in [-0.15, -0.1) is 11.3 Å². The SMILES string of the molecule is CN(C)C(=O)Cc1nc(CSCC(NC=O)C(=O)O)cs1. The molecule has 0 aromatic carbocycles. The van der Waals surface area contributed by atoms with E-state index < -0.39 is 12.0 Å². The summed E-state index contributed by atoms with van der Waals surface area (Å²) in [7, 11) is 3.39. The maximum absolute atomic E-state index is 11.6. The van der Waals surface area contributed by atoms with Crippen LogP contribution in [0.1, 0.15) is 10.7 Å². The molecular weight excluding hydrogens is 314 g/mol. The third kappa shape index (κ3) is 6.13. The van der Waals surface area contributed by atoms with E-state index in [1.165, 1.54) is 28.0 Å². The minimum absolute atomic E-state index is 0.00956. The van der Waals surface area contributed by atoms with Crippen molar-refractivity contribution in [1.82, 2.24) is 15.2 Å². The number of carboxylic acid groups (broad SMARTS) is 1. The standard InChI is InChI=1S/C12H17N3O4S2/c1-15(2)11(17)3-10-14-8(5-21-10)4-20-6-9(12(18)19)13-7-16/h5,7,9H,3-4,6H2,1-2H3,(H,13,16)(H,18,19). The number of hydrogen-bond donors (Lipinski definition) is 2. The number of carbonyl (C=O) groups is 3. The fourth-order valence-corrected chi connectivity index (χ4v) is 3.18. The van der Waals surface area contributed by atoms with E-state index in [1.807, 2.05) is 5.38 Å². The van der Waals surface area contributed by atoms with Crippen LogP contribution < -0.4 is 5.32 Å². The fourth-order valence-electron chi connectivity index (χ4n) is 1.34. The normalized spacial score (nSPS) is 11.7. The highest BCUT2D eigenvalue weighted by Gasteiger charge is 2.16. The number of aliphatic carboxylic acids is 1. The van der Waals surface area contributed by atoms with Crippen LogP contribution in [0.5, 0.6) is 0 Å². The molecule has 1 heterocycles. The molecule has 0 fully saturated rings. The van der Waals surface area contributed by atoms with Crippen molar-refractivity contribution < 1.29 is 19.5 Å². The molecule has 0 saturated carbocycles. The molecule has 0 saturated heterocycles. The Bertz CT molecular complexity index is 504. The molecule has 21 heavy (non-hydrogen) atoms. The Morgan fingerprint density at radius 2 is 2.29 bits per heavy atom. The molecule has 0 radical (unpaired) electrons. The molecule has 7 nitrogen and oxygen atoms in total. The second-order valence-electron chi connectivity index (χ2n) is 4.39. The first-order valence-electron chi connectivity index (χ1n) is 6.07. The average Bonchev–Trinajstić information content (AvgIpc) is 2.85. The number of aromatic nitrogens is 1. The number of thiazole rings is 1. The van der Waals surface area contributed by atoms with Gasteiger partial charge in [-0.05, 0) is 0 Å². The van der Waals surface area contributed by atoms with Crippen LogP contribution in [-0.2, 0) is 26.6 Å². The molecule has 9 heteroatoms. The largest absolute Gasteiger partial charge is 0.480 e. The van der Waals surface area contributed by atoms with Crippen LogP contribution in [-0.4, -0.2) is 59.2 Å². The molecule has 1 aromatic rings. The Hall–Kier alpha value is -1.61. The van der Waals surface area contributed by atoms with Crippen LogP contribution in [0.15, 0.2) is 5.38 Å². The first kappa shape index (κ1) is 17.4. The van der Waals surface area contributed by atoms with Gasteiger partial charge in [0.05, 0.1) is 12.1 Å². The molecule has 0 aliphatic rings. The van der Waals surface area contributed by atoms with Gasteiger partial charge in [-0.1, -0.05) is 0 Å². The summed E-state index contributed by atoms with van der Waals surface area (Å²) in [5, 5.41) is 13.7.